The average Bonchev–Trinajstić information content (AvgIpc) is 2.62. The third-order valence-corrected chi connectivity index (χ3v) is 5.50. The van der Waals surface area contributed by atoms with E-state index in [1.165, 1.54) is 24.3 Å². The van der Waals surface area contributed by atoms with Gasteiger partial charge in [0.1, 0.15) is 11.5 Å². The third-order valence-electron chi connectivity index (χ3n) is 3.53. The van der Waals surface area contributed by atoms with E-state index in [0.29, 0.717) is 5.75 Å². The van der Waals surface area contributed by atoms with Crippen LogP contribution < -0.4 is 9.05 Å². The Labute approximate surface area is 163 Å². The normalized spacial score (nSPS) is 14.0. The number of rotatable bonds is 9. The van der Waals surface area contributed by atoms with Crippen molar-refractivity contribution < 1.29 is 28.1 Å². The minimum atomic E-state index is -3.83. The van der Waals surface area contributed by atoms with Gasteiger partial charge in [-0.25, -0.2) is 4.57 Å². The Kier molecular flexibility index (Phi) is 7.18. The molecule has 0 aliphatic rings. The quantitative estimate of drug-likeness (QED) is 0.254. The zero-order valence-electron chi connectivity index (χ0n) is 15.8. The van der Waals surface area contributed by atoms with Crippen molar-refractivity contribution in [2.24, 2.45) is 5.92 Å². The first-order valence-electron chi connectivity index (χ1n) is 8.67. The minimum absolute atomic E-state index is 0.125. The summed E-state index contributed by atoms with van der Waals surface area (Å²) in [5.41, 5.74) is -0.125. The molecule has 0 unspecified atom stereocenters. The van der Waals surface area contributed by atoms with Gasteiger partial charge in [-0.1, -0.05) is 25.1 Å². The number of para-hydroxylation sites is 1. The summed E-state index contributed by atoms with van der Waals surface area (Å²) in [5, 5.41) is 10.8. The van der Waals surface area contributed by atoms with Crippen molar-refractivity contribution in [1.29, 1.82) is 0 Å². The van der Waals surface area contributed by atoms with Crippen LogP contribution in [0.5, 0.6) is 11.5 Å². The largest absolute Gasteiger partial charge is 0.463 e. The molecule has 28 heavy (non-hydrogen) atoms. The summed E-state index contributed by atoms with van der Waals surface area (Å²) >= 11 is 0. The van der Waals surface area contributed by atoms with Gasteiger partial charge in [0, 0.05) is 12.1 Å². The number of non-ortho nitro benzene ring substituents is 1. The van der Waals surface area contributed by atoms with Crippen LogP contribution in [0.1, 0.15) is 20.8 Å². The van der Waals surface area contributed by atoms with Crippen LogP contribution >= 0.6 is 7.60 Å². The van der Waals surface area contributed by atoms with Gasteiger partial charge in [-0.05, 0) is 38.1 Å². The van der Waals surface area contributed by atoms with Crippen molar-refractivity contribution in [2.45, 2.75) is 26.9 Å². The molecule has 0 amide bonds. The number of nitro benzene ring substituents is 1. The standard InChI is InChI=1S/C19H22NO7P/c1-14(2)25-19(21)15(3)13-28(24,26-17-7-5-4-6-8-17)27-18-11-9-16(10-12-18)20(22)23/h4-12,14-15H,13H2,1-3H3/t15-,28+/m0/s1. The molecule has 0 spiro atoms. The Morgan fingerprint density at radius 2 is 1.54 bits per heavy atom. The third kappa shape index (κ3) is 6.39. The highest BCUT2D eigenvalue weighted by molar-refractivity contribution is 7.54. The molecule has 0 radical (unpaired) electrons. The van der Waals surface area contributed by atoms with Crippen molar-refractivity contribution >= 4 is 19.3 Å². The van der Waals surface area contributed by atoms with Crippen LogP contribution in [0, 0.1) is 16.0 Å². The van der Waals surface area contributed by atoms with E-state index in [4.69, 9.17) is 13.8 Å². The summed E-state index contributed by atoms with van der Waals surface area (Å²) in [6.45, 7) is 5.01. The fourth-order valence-electron chi connectivity index (χ4n) is 2.28. The molecule has 150 valence electrons. The van der Waals surface area contributed by atoms with Crippen LogP contribution in [0.3, 0.4) is 0 Å². The molecular formula is C19H22NO7P. The van der Waals surface area contributed by atoms with Gasteiger partial charge < -0.3 is 13.8 Å². The van der Waals surface area contributed by atoms with E-state index in [-0.39, 0.29) is 23.7 Å². The number of esters is 1. The summed E-state index contributed by atoms with van der Waals surface area (Å²) in [7, 11) is -3.83. The number of hydrogen-bond acceptors (Lipinski definition) is 7. The molecule has 9 heteroatoms. The van der Waals surface area contributed by atoms with Gasteiger partial charge in [0.15, 0.2) is 0 Å². The van der Waals surface area contributed by atoms with Gasteiger partial charge >= 0.3 is 13.6 Å². The van der Waals surface area contributed by atoms with E-state index < -0.39 is 24.4 Å². The van der Waals surface area contributed by atoms with Crippen LogP contribution in [0.15, 0.2) is 54.6 Å². The first-order chi connectivity index (χ1) is 13.2. The maximum atomic E-state index is 13.4. The van der Waals surface area contributed by atoms with Gasteiger partial charge in [-0.3, -0.25) is 14.9 Å². The fraction of sp³-hybridized carbons (Fsp3) is 0.316. The summed E-state index contributed by atoms with van der Waals surface area (Å²) in [6, 6.07) is 13.6. The van der Waals surface area contributed by atoms with Gasteiger partial charge in [0.2, 0.25) is 0 Å². The second-order valence-corrected chi connectivity index (χ2v) is 8.38. The fourth-order valence-corrected chi connectivity index (χ4v) is 4.17. The smallest absolute Gasteiger partial charge is 0.431 e. The highest BCUT2D eigenvalue weighted by Crippen LogP contribution is 2.50. The van der Waals surface area contributed by atoms with E-state index in [2.05, 4.69) is 0 Å². The lowest BCUT2D eigenvalue weighted by molar-refractivity contribution is -0.384. The molecule has 2 atom stereocenters. The van der Waals surface area contributed by atoms with Crippen molar-refractivity contribution in [3.8, 4) is 11.5 Å². The molecule has 2 rings (SSSR count). The maximum absolute atomic E-state index is 13.4. The van der Waals surface area contributed by atoms with E-state index >= 15 is 0 Å². The monoisotopic (exact) mass is 407 g/mol. The number of ether oxygens (including phenoxy) is 1. The average molecular weight is 407 g/mol. The Balaban J connectivity index is 2.23. The predicted molar refractivity (Wildman–Crippen MR) is 104 cm³/mol. The number of nitrogens with zero attached hydrogens (tertiary/aromatic N) is 1. The molecule has 0 aliphatic heterocycles. The first kappa shape index (κ1) is 21.4. The zero-order valence-corrected chi connectivity index (χ0v) is 16.7. The Morgan fingerprint density at radius 1 is 1.00 bits per heavy atom. The van der Waals surface area contributed by atoms with Crippen molar-refractivity contribution in [1.82, 2.24) is 0 Å². The number of carbonyl (C=O) groups excluding carboxylic acids is 1. The van der Waals surface area contributed by atoms with E-state index in [9.17, 15) is 19.5 Å². The zero-order chi connectivity index (χ0) is 20.7. The molecule has 0 heterocycles. The highest BCUT2D eigenvalue weighted by atomic mass is 31.2. The molecule has 8 nitrogen and oxygen atoms in total. The Hall–Kier alpha value is -2.86. The molecule has 0 aromatic heterocycles. The Morgan fingerprint density at radius 3 is 2.04 bits per heavy atom. The van der Waals surface area contributed by atoms with Crippen LogP contribution in [0.4, 0.5) is 5.69 Å². The number of carbonyl (C=O) groups is 1. The predicted octanol–water partition coefficient (Wildman–Crippen LogP) is 4.83. The molecule has 0 N–H and O–H groups in total. The van der Waals surface area contributed by atoms with E-state index in [1.54, 1.807) is 51.1 Å². The summed E-state index contributed by atoms with van der Waals surface area (Å²) in [6.07, 6.45) is -0.523. The number of hydrogen-bond donors (Lipinski definition) is 0. The maximum Gasteiger partial charge on any atom is 0.431 e. The molecule has 0 saturated heterocycles. The van der Waals surface area contributed by atoms with Crippen LogP contribution in [-0.2, 0) is 14.1 Å². The molecule has 0 bridgehead atoms. The summed E-state index contributed by atoms with van der Waals surface area (Å²) in [4.78, 5) is 22.4. The lowest BCUT2D eigenvalue weighted by atomic mass is 10.2. The van der Waals surface area contributed by atoms with Crippen molar-refractivity contribution in [3.63, 3.8) is 0 Å². The minimum Gasteiger partial charge on any atom is -0.463 e. The highest BCUT2D eigenvalue weighted by Gasteiger charge is 2.34. The molecule has 2 aromatic rings. The van der Waals surface area contributed by atoms with Crippen molar-refractivity contribution in [3.05, 3.63) is 64.7 Å². The SMILES string of the molecule is CC(C)OC(=O)[C@@H](C)C[P@@](=O)(Oc1ccccc1)Oc1ccc([N+](=O)[O-])cc1. The summed E-state index contributed by atoms with van der Waals surface area (Å²) < 4.78 is 29.7. The van der Waals surface area contributed by atoms with Gasteiger partial charge in [0.25, 0.3) is 5.69 Å². The topological polar surface area (TPSA) is 105 Å². The molecule has 2 aromatic carbocycles. The van der Waals surface area contributed by atoms with Crippen LogP contribution in [0.25, 0.3) is 0 Å². The van der Waals surface area contributed by atoms with E-state index in [1.807, 2.05) is 0 Å². The van der Waals surface area contributed by atoms with Gasteiger partial charge in [-0.2, -0.15) is 0 Å². The summed E-state index contributed by atoms with van der Waals surface area (Å²) in [5.74, 6) is -0.805. The second kappa shape index (κ2) is 9.37. The van der Waals surface area contributed by atoms with Gasteiger partial charge in [0.05, 0.1) is 23.1 Å². The number of nitro groups is 1. The van der Waals surface area contributed by atoms with E-state index in [0.717, 1.165) is 0 Å². The van der Waals surface area contributed by atoms with Crippen molar-refractivity contribution in [2.75, 3.05) is 6.16 Å². The molecular weight excluding hydrogens is 385 g/mol. The second-order valence-electron chi connectivity index (χ2n) is 6.43. The van der Waals surface area contributed by atoms with Gasteiger partial charge in [-0.15, -0.1) is 0 Å². The lowest BCUT2D eigenvalue weighted by Gasteiger charge is -2.22. The lowest BCUT2D eigenvalue weighted by Crippen LogP contribution is -2.23. The number of benzene rings is 2. The van der Waals surface area contributed by atoms with Crippen LogP contribution in [0.2, 0.25) is 0 Å². The first-order valence-corrected chi connectivity index (χ1v) is 10.4. The Bertz CT molecular complexity index is 852. The molecule has 0 fully saturated rings. The molecule has 0 saturated carbocycles. The molecule has 0 aliphatic carbocycles. The van der Waals surface area contributed by atoms with Crippen LogP contribution in [-0.4, -0.2) is 23.2 Å².